The Hall–Kier alpha value is -3.91. The normalized spacial score (nSPS) is 12.7. The maximum atomic E-state index is 13.2. The molecule has 0 unspecified atom stereocenters. The fourth-order valence-corrected chi connectivity index (χ4v) is 4.03. The van der Waals surface area contributed by atoms with Crippen molar-refractivity contribution >= 4 is 17.8 Å². The molecule has 2 N–H and O–H groups in total. The molecule has 0 bridgehead atoms. The number of hydrogen-bond donors (Lipinski definition) is 2. The fraction of sp³-hybridized carbons (Fsp3) is 0.321. The van der Waals surface area contributed by atoms with Crippen molar-refractivity contribution in [3.63, 3.8) is 0 Å². The molecular weight excluding hydrogens is 458 g/mol. The van der Waals surface area contributed by atoms with Gasteiger partial charge in [0.2, 0.25) is 5.91 Å². The van der Waals surface area contributed by atoms with Crippen molar-refractivity contribution in [2.75, 3.05) is 14.2 Å². The van der Waals surface area contributed by atoms with Gasteiger partial charge in [0.15, 0.2) is 0 Å². The van der Waals surface area contributed by atoms with Crippen LogP contribution in [0.1, 0.15) is 32.7 Å². The average molecular weight is 492 g/mol. The number of nitrogens with zero attached hydrogens (tertiary/aromatic N) is 2. The van der Waals surface area contributed by atoms with Gasteiger partial charge < -0.3 is 15.0 Å². The fourth-order valence-electron chi connectivity index (χ4n) is 4.03. The Kier molecular flexibility index (Phi) is 9.02. The second-order valence-electron chi connectivity index (χ2n) is 9.11. The Morgan fingerprint density at radius 3 is 2.08 bits per heavy atom. The molecule has 2 aromatic carbocycles. The van der Waals surface area contributed by atoms with Gasteiger partial charge in [0.05, 0.1) is 13.5 Å². The third-order valence-electron chi connectivity index (χ3n) is 5.98. The molecular formula is C28H33N3O5. The van der Waals surface area contributed by atoms with Crippen molar-refractivity contribution in [1.82, 2.24) is 14.9 Å². The van der Waals surface area contributed by atoms with Crippen LogP contribution in [0.5, 0.6) is 0 Å². The van der Waals surface area contributed by atoms with Crippen LogP contribution >= 0.6 is 0 Å². The first-order valence-electron chi connectivity index (χ1n) is 11.9. The summed E-state index contributed by atoms with van der Waals surface area (Å²) in [6.07, 6.45) is 3.41. The first-order chi connectivity index (χ1) is 17.2. The Morgan fingerprint density at radius 2 is 1.53 bits per heavy atom. The number of rotatable bonds is 11. The standard InChI is InChI=1S/C28H33N3O5/c1-19(2)16-24(28(35)30(3)36-4)29-27(34)25(17-26(32)33)31-15-14-23(18-31)22-12-10-21(11-13-22)20-8-6-5-7-9-20/h5-15,18-19,24-25H,16-17H2,1-4H3,(H,29,34)(H,32,33)/t24-,25+/m0/s1. The Balaban J connectivity index is 1.82. The van der Waals surface area contributed by atoms with Gasteiger partial charge in [0.1, 0.15) is 12.1 Å². The quantitative estimate of drug-likeness (QED) is 0.388. The van der Waals surface area contributed by atoms with E-state index < -0.39 is 36.3 Å². The van der Waals surface area contributed by atoms with Gasteiger partial charge >= 0.3 is 5.97 Å². The van der Waals surface area contributed by atoms with Gasteiger partial charge in [-0.2, -0.15) is 0 Å². The van der Waals surface area contributed by atoms with E-state index in [0.29, 0.717) is 6.42 Å². The molecule has 190 valence electrons. The lowest BCUT2D eigenvalue weighted by atomic mass is 10.0. The molecule has 0 aliphatic rings. The monoisotopic (exact) mass is 491 g/mol. The first-order valence-corrected chi connectivity index (χ1v) is 11.9. The third kappa shape index (κ3) is 6.82. The van der Waals surface area contributed by atoms with Crippen molar-refractivity contribution in [3.8, 4) is 22.3 Å². The second kappa shape index (κ2) is 12.2. The number of carboxylic acids is 1. The van der Waals surface area contributed by atoms with Crippen LogP contribution in [0.4, 0.5) is 0 Å². The summed E-state index contributed by atoms with van der Waals surface area (Å²) in [4.78, 5) is 42.5. The number of carbonyl (C=O) groups excluding carboxylic acids is 2. The molecule has 3 aromatic rings. The van der Waals surface area contributed by atoms with Crippen molar-refractivity contribution in [1.29, 1.82) is 0 Å². The van der Waals surface area contributed by atoms with E-state index in [2.05, 4.69) is 5.32 Å². The van der Waals surface area contributed by atoms with Gasteiger partial charge in [0.25, 0.3) is 5.91 Å². The minimum atomic E-state index is -1.11. The molecule has 2 amide bonds. The van der Waals surface area contributed by atoms with Gasteiger partial charge in [-0.25, -0.2) is 5.06 Å². The maximum absolute atomic E-state index is 13.2. The zero-order valence-corrected chi connectivity index (χ0v) is 21.0. The lowest BCUT2D eigenvalue weighted by Gasteiger charge is -2.26. The van der Waals surface area contributed by atoms with Gasteiger partial charge in [-0.1, -0.05) is 68.4 Å². The van der Waals surface area contributed by atoms with Crippen molar-refractivity contribution in [2.24, 2.45) is 5.92 Å². The predicted octanol–water partition coefficient (Wildman–Crippen LogP) is 4.39. The highest BCUT2D eigenvalue weighted by molar-refractivity contribution is 5.90. The number of carbonyl (C=O) groups is 3. The Morgan fingerprint density at radius 1 is 0.944 bits per heavy atom. The number of benzene rings is 2. The number of hydrogen-bond acceptors (Lipinski definition) is 4. The second-order valence-corrected chi connectivity index (χ2v) is 9.11. The van der Waals surface area contributed by atoms with Crippen molar-refractivity contribution < 1.29 is 24.3 Å². The lowest BCUT2D eigenvalue weighted by molar-refractivity contribution is -0.172. The minimum absolute atomic E-state index is 0.125. The molecule has 0 aliphatic carbocycles. The molecule has 8 heteroatoms. The highest BCUT2D eigenvalue weighted by Crippen LogP contribution is 2.27. The van der Waals surface area contributed by atoms with E-state index in [1.54, 1.807) is 17.0 Å². The number of likely N-dealkylation sites (N-methyl/N-ethyl adjacent to an activating group) is 1. The van der Waals surface area contributed by atoms with Crippen LogP contribution < -0.4 is 5.32 Å². The Bertz CT molecular complexity index is 1170. The van der Waals surface area contributed by atoms with Gasteiger partial charge in [-0.05, 0) is 40.7 Å². The highest BCUT2D eigenvalue weighted by atomic mass is 16.7. The van der Waals surface area contributed by atoms with E-state index in [1.165, 1.54) is 14.2 Å². The Labute approximate surface area is 211 Å². The zero-order valence-electron chi connectivity index (χ0n) is 21.0. The SMILES string of the molecule is CON(C)C(=O)[C@H](CC(C)C)NC(=O)[C@@H](CC(=O)O)n1ccc(-c2ccc(-c3ccccc3)cc2)c1. The van der Waals surface area contributed by atoms with E-state index in [0.717, 1.165) is 27.3 Å². The van der Waals surface area contributed by atoms with E-state index in [1.807, 2.05) is 74.5 Å². The third-order valence-corrected chi connectivity index (χ3v) is 5.98. The van der Waals surface area contributed by atoms with Gasteiger partial charge in [0, 0.05) is 19.4 Å². The van der Waals surface area contributed by atoms with E-state index in [9.17, 15) is 19.5 Å². The molecule has 3 rings (SSSR count). The average Bonchev–Trinajstić information content (AvgIpc) is 3.36. The minimum Gasteiger partial charge on any atom is -0.481 e. The van der Waals surface area contributed by atoms with Crippen LogP contribution in [-0.4, -0.2) is 52.7 Å². The molecule has 0 aliphatic heterocycles. The summed E-state index contributed by atoms with van der Waals surface area (Å²) in [5.41, 5.74) is 4.00. The maximum Gasteiger partial charge on any atom is 0.306 e. The van der Waals surface area contributed by atoms with Crippen LogP contribution in [0.25, 0.3) is 22.3 Å². The number of nitrogens with one attached hydrogen (secondary N) is 1. The van der Waals surface area contributed by atoms with E-state index >= 15 is 0 Å². The van der Waals surface area contributed by atoms with Crippen molar-refractivity contribution in [3.05, 3.63) is 73.1 Å². The summed E-state index contributed by atoms with van der Waals surface area (Å²) in [6.45, 7) is 3.88. The van der Waals surface area contributed by atoms with Crippen LogP contribution in [0.15, 0.2) is 73.1 Å². The van der Waals surface area contributed by atoms with E-state index in [4.69, 9.17) is 4.84 Å². The summed E-state index contributed by atoms with van der Waals surface area (Å²) >= 11 is 0. The summed E-state index contributed by atoms with van der Waals surface area (Å²) in [5, 5.41) is 13.3. The van der Waals surface area contributed by atoms with Crippen LogP contribution in [0.3, 0.4) is 0 Å². The number of hydroxylamine groups is 2. The number of aliphatic carboxylic acids is 1. The molecule has 1 heterocycles. The molecule has 0 saturated heterocycles. The summed E-state index contributed by atoms with van der Waals surface area (Å²) in [5.74, 6) is -1.93. The molecule has 36 heavy (non-hydrogen) atoms. The van der Waals surface area contributed by atoms with E-state index in [-0.39, 0.29) is 5.92 Å². The molecule has 0 saturated carbocycles. The van der Waals surface area contributed by atoms with Crippen LogP contribution in [0, 0.1) is 5.92 Å². The smallest absolute Gasteiger partial charge is 0.306 e. The zero-order chi connectivity index (χ0) is 26.2. The molecule has 2 atom stereocenters. The lowest BCUT2D eigenvalue weighted by Crippen LogP contribution is -2.49. The largest absolute Gasteiger partial charge is 0.481 e. The van der Waals surface area contributed by atoms with Crippen LogP contribution in [0.2, 0.25) is 0 Å². The topological polar surface area (TPSA) is 101 Å². The van der Waals surface area contributed by atoms with Gasteiger partial charge in [-0.15, -0.1) is 0 Å². The molecule has 0 spiro atoms. The molecule has 0 radical (unpaired) electrons. The molecule has 1 aromatic heterocycles. The number of amides is 2. The summed E-state index contributed by atoms with van der Waals surface area (Å²) in [7, 11) is 2.84. The van der Waals surface area contributed by atoms with Gasteiger partial charge in [-0.3, -0.25) is 19.2 Å². The number of carboxylic acid groups (broad SMARTS) is 1. The highest BCUT2D eigenvalue weighted by Gasteiger charge is 2.30. The number of aromatic nitrogens is 1. The van der Waals surface area contributed by atoms with Crippen LogP contribution in [-0.2, 0) is 19.2 Å². The predicted molar refractivity (Wildman–Crippen MR) is 138 cm³/mol. The first kappa shape index (κ1) is 26.7. The molecule has 0 fully saturated rings. The van der Waals surface area contributed by atoms with Crippen molar-refractivity contribution in [2.45, 2.75) is 38.8 Å². The molecule has 8 nitrogen and oxygen atoms in total. The summed E-state index contributed by atoms with van der Waals surface area (Å²) < 4.78 is 1.58. The summed E-state index contributed by atoms with van der Waals surface area (Å²) in [6, 6.07) is 18.1.